The second-order valence-corrected chi connectivity index (χ2v) is 10.9. The van der Waals surface area contributed by atoms with Crippen molar-refractivity contribution in [2.75, 3.05) is 0 Å². The number of alkyl halides is 9. The van der Waals surface area contributed by atoms with E-state index in [-0.39, 0.29) is 24.2 Å². The average Bonchev–Trinajstić information content (AvgIpc) is 2.83. The highest BCUT2D eigenvalue weighted by Gasteiger charge is 2.81. The fraction of sp³-hybridized carbons (Fsp3) is 0.607. The van der Waals surface area contributed by atoms with Crippen LogP contribution >= 0.6 is 0 Å². The van der Waals surface area contributed by atoms with Gasteiger partial charge in [0.1, 0.15) is 12.2 Å². The van der Waals surface area contributed by atoms with Crippen molar-refractivity contribution in [2.24, 2.45) is 0 Å². The van der Waals surface area contributed by atoms with E-state index in [0.717, 1.165) is 12.1 Å². The summed E-state index contributed by atoms with van der Waals surface area (Å²) in [6, 6.07) is 4.76. The van der Waals surface area contributed by atoms with Crippen LogP contribution in [0.15, 0.2) is 41.6 Å². The van der Waals surface area contributed by atoms with E-state index in [1.165, 1.54) is 18.2 Å². The van der Waals surface area contributed by atoms with Gasteiger partial charge in [0.2, 0.25) is 0 Å². The number of alkyl carbamates (subject to hydrolysis) is 1. The van der Waals surface area contributed by atoms with Gasteiger partial charge in [-0.3, -0.25) is 0 Å². The van der Waals surface area contributed by atoms with E-state index in [0.29, 0.717) is 12.0 Å². The van der Waals surface area contributed by atoms with Crippen molar-refractivity contribution in [1.82, 2.24) is 5.32 Å². The summed E-state index contributed by atoms with van der Waals surface area (Å²) in [6.45, 7) is 9.81. The summed E-state index contributed by atoms with van der Waals surface area (Å²) in [4.78, 5) is 25.7. The Morgan fingerprint density at radius 1 is 0.857 bits per heavy atom. The standard InChI is InChI=1S/C28H34F9NO4/c1-7-14-24(15-12-18(2)3,21(39)42-23(4,5)6)38-22(40)41-17-20-10-8-19(9-11-20)13-16-25(29,30)26(31,32)27(33,34)28(35,36)37/h8-11,15H,7,13-14,16-17H2,1-6H3,(H,38,40). The maximum atomic E-state index is 13.8. The molecular weight excluding hydrogens is 585 g/mol. The first kappa shape index (κ1) is 36.9. The van der Waals surface area contributed by atoms with Crippen LogP contribution in [0, 0.1) is 0 Å². The van der Waals surface area contributed by atoms with Crippen molar-refractivity contribution in [2.45, 2.75) is 109 Å². The van der Waals surface area contributed by atoms with Gasteiger partial charge in [-0.2, -0.15) is 39.5 Å². The number of hydrogen-bond donors (Lipinski definition) is 1. The highest BCUT2D eigenvalue weighted by molar-refractivity contribution is 5.88. The molecule has 1 aromatic rings. The zero-order valence-corrected chi connectivity index (χ0v) is 24.0. The van der Waals surface area contributed by atoms with E-state index in [2.05, 4.69) is 11.0 Å². The maximum Gasteiger partial charge on any atom is 0.460 e. The lowest BCUT2D eigenvalue weighted by molar-refractivity contribution is -0.396. The minimum absolute atomic E-state index is 0.0762. The maximum absolute atomic E-state index is 13.8. The molecule has 0 saturated carbocycles. The van der Waals surface area contributed by atoms with E-state index in [1.54, 1.807) is 41.5 Å². The van der Waals surface area contributed by atoms with E-state index in [4.69, 9.17) is 9.47 Å². The molecule has 0 aliphatic carbocycles. The summed E-state index contributed by atoms with van der Waals surface area (Å²) in [5.74, 6) is -20.0. The summed E-state index contributed by atoms with van der Waals surface area (Å²) in [7, 11) is 0. The number of amides is 1. The Labute approximate surface area is 238 Å². The summed E-state index contributed by atoms with van der Waals surface area (Å²) in [5.41, 5.74) is 1.33. The fourth-order valence-electron chi connectivity index (χ4n) is 3.45. The van der Waals surface area contributed by atoms with E-state index in [1.807, 2.05) is 0 Å². The Morgan fingerprint density at radius 2 is 1.38 bits per heavy atom. The van der Waals surface area contributed by atoms with E-state index in [9.17, 15) is 49.1 Å². The van der Waals surface area contributed by atoms with Gasteiger partial charge in [-0.1, -0.05) is 37.6 Å². The highest BCUT2D eigenvalue weighted by Crippen LogP contribution is 2.54. The van der Waals surface area contributed by atoms with Gasteiger partial charge >= 0.3 is 36.0 Å². The quantitative estimate of drug-likeness (QED) is 0.145. The molecule has 0 bridgehead atoms. The van der Waals surface area contributed by atoms with Crippen LogP contribution in [-0.4, -0.2) is 47.1 Å². The van der Waals surface area contributed by atoms with Crippen molar-refractivity contribution in [3.8, 4) is 0 Å². The Morgan fingerprint density at radius 3 is 1.83 bits per heavy atom. The second kappa shape index (κ2) is 13.4. The third-order valence-corrected chi connectivity index (χ3v) is 5.67. The number of carbonyl (C=O) groups excluding carboxylic acids is 2. The molecule has 0 radical (unpaired) electrons. The SMILES string of the molecule is CCCC(C=C=C(C)C)(NC(=O)OCc1ccc(CCC(F)(F)C(F)(F)C(F)(F)C(F)(F)F)cc1)C(=O)OC(C)(C)C. The number of ether oxygens (including phenoxy) is 2. The number of halogens is 9. The molecule has 0 saturated heterocycles. The minimum atomic E-state index is -6.94. The van der Waals surface area contributed by atoms with Crippen molar-refractivity contribution < 1.29 is 58.6 Å². The zero-order valence-electron chi connectivity index (χ0n) is 24.0. The normalized spacial score (nSPS) is 14.4. The third-order valence-electron chi connectivity index (χ3n) is 5.67. The summed E-state index contributed by atoms with van der Waals surface area (Å²) in [5, 5.41) is 2.50. The molecule has 0 fully saturated rings. The Hall–Kier alpha value is -3.15. The second-order valence-electron chi connectivity index (χ2n) is 10.9. The van der Waals surface area contributed by atoms with Crippen LogP contribution in [0.25, 0.3) is 0 Å². The van der Waals surface area contributed by atoms with Crippen LogP contribution in [0.3, 0.4) is 0 Å². The lowest BCUT2D eigenvalue weighted by Gasteiger charge is -2.33. The Balaban J connectivity index is 2.97. The number of aryl methyl sites for hydroxylation is 1. The molecule has 238 valence electrons. The molecule has 1 N–H and O–H groups in total. The number of rotatable bonds is 12. The van der Waals surface area contributed by atoms with Crippen LogP contribution in [0.5, 0.6) is 0 Å². The molecule has 0 spiro atoms. The van der Waals surface area contributed by atoms with Crippen LogP contribution < -0.4 is 5.32 Å². The number of esters is 1. The predicted molar refractivity (Wildman–Crippen MR) is 135 cm³/mol. The van der Waals surface area contributed by atoms with Crippen molar-refractivity contribution in [3.63, 3.8) is 0 Å². The first-order chi connectivity index (χ1) is 18.9. The first-order valence-corrected chi connectivity index (χ1v) is 12.8. The molecule has 0 aromatic heterocycles. The van der Waals surface area contributed by atoms with Crippen LogP contribution in [-0.2, 0) is 27.3 Å². The molecule has 1 amide bonds. The third kappa shape index (κ3) is 9.43. The molecule has 1 unspecified atom stereocenters. The van der Waals surface area contributed by atoms with Gasteiger partial charge in [-0.15, -0.1) is 5.73 Å². The molecule has 5 nitrogen and oxygen atoms in total. The number of carbonyl (C=O) groups is 2. The Kier molecular flexibility index (Phi) is 11.8. The van der Waals surface area contributed by atoms with E-state index < -0.39 is 60.0 Å². The molecule has 42 heavy (non-hydrogen) atoms. The number of hydrogen-bond acceptors (Lipinski definition) is 4. The molecular formula is C28H34F9NO4. The van der Waals surface area contributed by atoms with Gasteiger partial charge in [0.25, 0.3) is 0 Å². The zero-order chi connectivity index (χ0) is 32.8. The van der Waals surface area contributed by atoms with Crippen molar-refractivity contribution in [1.29, 1.82) is 0 Å². The van der Waals surface area contributed by atoms with Gasteiger partial charge in [0.05, 0.1) is 0 Å². The molecule has 1 rings (SSSR count). The highest BCUT2D eigenvalue weighted by atomic mass is 19.4. The van der Waals surface area contributed by atoms with Crippen molar-refractivity contribution >= 4 is 12.1 Å². The largest absolute Gasteiger partial charge is 0.460 e. The summed E-state index contributed by atoms with van der Waals surface area (Å²) in [6.07, 6.45) is -8.86. The predicted octanol–water partition coefficient (Wildman–Crippen LogP) is 8.32. The van der Waals surface area contributed by atoms with Gasteiger partial charge in [-0.25, -0.2) is 9.59 Å². The monoisotopic (exact) mass is 619 g/mol. The summed E-state index contributed by atoms with van der Waals surface area (Å²) >= 11 is 0. The van der Waals surface area contributed by atoms with Gasteiger partial charge in [0, 0.05) is 6.42 Å². The van der Waals surface area contributed by atoms with Gasteiger partial charge in [0.15, 0.2) is 5.54 Å². The molecule has 14 heteroatoms. The van der Waals surface area contributed by atoms with Crippen LogP contribution in [0.2, 0.25) is 0 Å². The molecule has 0 aliphatic heterocycles. The minimum Gasteiger partial charge on any atom is -0.458 e. The smallest absolute Gasteiger partial charge is 0.458 e. The molecule has 0 aliphatic rings. The first-order valence-electron chi connectivity index (χ1n) is 12.8. The lowest BCUT2D eigenvalue weighted by atomic mass is 9.93. The summed E-state index contributed by atoms with van der Waals surface area (Å²) < 4.78 is 128. The Bertz CT molecular complexity index is 1150. The van der Waals surface area contributed by atoms with Gasteiger partial charge in [-0.05, 0) is 70.2 Å². The van der Waals surface area contributed by atoms with Crippen LogP contribution in [0.4, 0.5) is 44.3 Å². The molecule has 0 heterocycles. The van der Waals surface area contributed by atoms with Gasteiger partial charge < -0.3 is 14.8 Å². The fourth-order valence-corrected chi connectivity index (χ4v) is 3.45. The van der Waals surface area contributed by atoms with Crippen LogP contribution in [0.1, 0.15) is 71.9 Å². The van der Waals surface area contributed by atoms with E-state index >= 15 is 0 Å². The average molecular weight is 620 g/mol. The topological polar surface area (TPSA) is 64.6 Å². The molecule has 1 atom stereocenters. The lowest BCUT2D eigenvalue weighted by Crippen LogP contribution is -2.60. The number of nitrogens with one attached hydrogen (secondary N) is 1. The number of benzene rings is 1. The molecule has 1 aromatic carbocycles. The van der Waals surface area contributed by atoms with Crippen molar-refractivity contribution in [3.05, 3.63) is 52.8 Å².